The van der Waals surface area contributed by atoms with Crippen molar-refractivity contribution in [2.75, 3.05) is 11.9 Å². The normalized spacial score (nSPS) is 10.8. The highest BCUT2D eigenvalue weighted by Gasteiger charge is 2.20. The number of nitrogens with zero attached hydrogens (tertiary/aromatic N) is 4. The second kappa shape index (κ2) is 5.85. The van der Waals surface area contributed by atoms with E-state index in [1.165, 1.54) is 6.33 Å². The van der Waals surface area contributed by atoms with Crippen LogP contribution < -0.4 is 5.32 Å². The first-order valence-electron chi connectivity index (χ1n) is 5.85. The summed E-state index contributed by atoms with van der Waals surface area (Å²) in [5, 5.41) is 9.81. The molecule has 0 fully saturated rings. The van der Waals surface area contributed by atoms with Gasteiger partial charge in [0.05, 0.1) is 0 Å². The molecule has 9 heteroatoms. The second-order valence-electron chi connectivity index (χ2n) is 3.91. The summed E-state index contributed by atoms with van der Waals surface area (Å²) in [5.74, 6) is -5.90. The summed E-state index contributed by atoms with van der Waals surface area (Å²) >= 11 is 0. The molecule has 5 nitrogen and oxygen atoms in total. The second-order valence-corrected chi connectivity index (χ2v) is 3.91. The van der Waals surface area contributed by atoms with E-state index in [2.05, 4.69) is 20.5 Å². The molecular weight excluding hydrogens is 278 g/mol. The number of aryl methyl sites for hydroxylation is 1. The number of pyridine rings is 1. The lowest BCUT2D eigenvalue weighted by atomic mass is 10.3. The molecule has 0 saturated heterocycles. The summed E-state index contributed by atoms with van der Waals surface area (Å²) < 4.78 is 54.1. The number of aromatic nitrogens is 4. The predicted molar refractivity (Wildman–Crippen MR) is 62.0 cm³/mol. The molecule has 108 valence electrons. The number of anilines is 1. The Kier molecular flexibility index (Phi) is 4.16. The van der Waals surface area contributed by atoms with Crippen LogP contribution in [0.5, 0.6) is 0 Å². The van der Waals surface area contributed by atoms with E-state index in [1.54, 1.807) is 4.57 Å². The molecule has 2 rings (SSSR count). The molecule has 0 aliphatic carbocycles. The lowest BCUT2D eigenvalue weighted by molar-refractivity contribution is 0.410. The van der Waals surface area contributed by atoms with Crippen molar-refractivity contribution in [1.29, 1.82) is 0 Å². The first-order valence-corrected chi connectivity index (χ1v) is 5.85. The molecule has 0 bridgehead atoms. The van der Waals surface area contributed by atoms with Crippen molar-refractivity contribution in [3.63, 3.8) is 0 Å². The molecule has 0 amide bonds. The lowest BCUT2D eigenvalue weighted by Gasteiger charge is -2.09. The van der Waals surface area contributed by atoms with Gasteiger partial charge in [-0.1, -0.05) is 0 Å². The molecular formula is C11H11F4N5. The maximum Gasteiger partial charge on any atom is 0.253 e. The lowest BCUT2D eigenvalue weighted by Crippen LogP contribution is -2.14. The van der Waals surface area contributed by atoms with E-state index in [-0.39, 0.29) is 13.0 Å². The predicted octanol–water partition coefficient (Wildman–Crippen LogP) is 1.90. The largest absolute Gasteiger partial charge is 0.380 e. The van der Waals surface area contributed by atoms with E-state index in [0.29, 0.717) is 12.4 Å². The maximum atomic E-state index is 13.3. The van der Waals surface area contributed by atoms with Gasteiger partial charge in [0, 0.05) is 19.5 Å². The molecule has 2 heterocycles. The van der Waals surface area contributed by atoms with Crippen molar-refractivity contribution in [2.24, 2.45) is 0 Å². The van der Waals surface area contributed by atoms with Crippen molar-refractivity contribution in [2.45, 2.75) is 19.9 Å². The Morgan fingerprint density at radius 3 is 2.40 bits per heavy atom. The Morgan fingerprint density at radius 1 is 1.15 bits per heavy atom. The first kappa shape index (κ1) is 14.2. The number of halogens is 4. The fourth-order valence-corrected chi connectivity index (χ4v) is 1.68. The van der Waals surface area contributed by atoms with Gasteiger partial charge in [-0.05, 0) is 6.92 Å². The average molecular weight is 289 g/mol. The maximum absolute atomic E-state index is 13.3. The van der Waals surface area contributed by atoms with Crippen LogP contribution in [0.4, 0.5) is 23.2 Å². The molecule has 0 unspecified atom stereocenters. The van der Waals surface area contributed by atoms with Crippen LogP contribution in [0.25, 0.3) is 0 Å². The van der Waals surface area contributed by atoms with Gasteiger partial charge in [0.15, 0.2) is 0 Å². The Labute approximate surface area is 111 Å². The van der Waals surface area contributed by atoms with Crippen LogP contribution in [0.2, 0.25) is 0 Å². The van der Waals surface area contributed by atoms with Crippen molar-refractivity contribution < 1.29 is 17.6 Å². The molecule has 0 aromatic carbocycles. The zero-order valence-corrected chi connectivity index (χ0v) is 10.5. The summed E-state index contributed by atoms with van der Waals surface area (Å²) in [6.07, 6.45) is 1.81. The summed E-state index contributed by atoms with van der Waals surface area (Å²) in [5.41, 5.74) is -0.877. The van der Waals surface area contributed by atoms with E-state index >= 15 is 0 Å². The molecule has 0 aliphatic heterocycles. The fraction of sp³-hybridized carbons (Fsp3) is 0.364. The van der Waals surface area contributed by atoms with Crippen molar-refractivity contribution in [3.8, 4) is 0 Å². The van der Waals surface area contributed by atoms with E-state index in [4.69, 9.17) is 0 Å². The van der Waals surface area contributed by atoms with Crippen LogP contribution in [0.3, 0.4) is 0 Å². The minimum Gasteiger partial charge on any atom is -0.380 e. The first-order chi connectivity index (χ1) is 9.54. The highest BCUT2D eigenvalue weighted by molar-refractivity contribution is 5.45. The van der Waals surface area contributed by atoms with Crippen molar-refractivity contribution >= 4 is 5.69 Å². The topological polar surface area (TPSA) is 55.6 Å². The Hall–Kier alpha value is -2.19. The van der Waals surface area contributed by atoms with Gasteiger partial charge in [-0.3, -0.25) is 0 Å². The van der Waals surface area contributed by atoms with Crippen LogP contribution in [-0.4, -0.2) is 26.3 Å². The number of hydrogen-bond acceptors (Lipinski definition) is 4. The summed E-state index contributed by atoms with van der Waals surface area (Å²) in [6, 6.07) is 0. The molecule has 0 spiro atoms. The van der Waals surface area contributed by atoms with Crippen LogP contribution in [-0.2, 0) is 13.0 Å². The smallest absolute Gasteiger partial charge is 0.253 e. The highest BCUT2D eigenvalue weighted by Crippen LogP contribution is 2.21. The van der Waals surface area contributed by atoms with Crippen LogP contribution in [0.1, 0.15) is 12.7 Å². The fourth-order valence-electron chi connectivity index (χ4n) is 1.68. The molecule has 0 aliphatic rings. The van der Waals surface area contributed by atoms with Gasteiger partial charge in [0.1, 0.15) is 17.8 Å². The van der Waals surface area contributed by atoms with Gasteiger partial charge < -0.3 is 9.88 Å². The molecule has 0 saturated carbocycles. The SMILES string of the molecule is CCn1cnnc1CCNc1c(F)c(F)nc(F)c1F. The molecule has 0 radical (unpaired) electrons. The third-order valence-corrected chi connectivity index (χ3v) is 2.68. The third kappa shape index (κ3) is 2.70. The van der Waals surface area contributed by atoms with Gasteiger partial charge in [-0.2, -0.15) is 22.5 Å². The van der Waals surface area contributed by atoms with Gasteiger partial charge in [-0.15, -0.1) is 10.2 Å². The van der Waals surface area contributed by atoms with Gasteiger partial charge in [0.25, 0.3) is 11.9 Å². The Bertz CT molecular complexity index is 587. The third-order valence-electron chi connectivity index (χ3n) is 2.68. The summed E-state index contributed by atoms with van der Waals surface area (Å²) in [6.45, 7) is 2.56. The molecule has 1 N–H and O–H groups in total. The zero-order chi connectivity index (χ0) is 14.7. The number of hydrogen-bond donors (Lipinski definition) is 1. The highest BCUT2D eigenvalue weighted by atomic mass is 19.2. The van der Waals surface area contributed by atoms with Gasteiger partial charge in [-0.25, -0.2) is 0 Å². The average Bonchev–Trinajstić information content (AvgIpc) is 2.88. The summed E-state index contributed by atoms with van der Waals surface area (Å²) in [7, 11) is 0. The van der Waals surface area contributed by atoms with Crippen LogP contribution in [0.15, 0.2) is 6.33 Å². The minimum absolute atomic E-state index is 0.0371. The van der Waals surface area contributed by atoms with Crippen molar-refractivity contribution in [1.82, 2.24) is 19.7 Å². The monoisotopic (exact) mass is 289 g/mol. The van der Waals surface area contributed by atoms with E-state index in [9.17, 15) is 17.6 Å². The molecule has 20 heavy (non-hydrogen) atoms. The minimum atomic E-state index is -1.69. The molecule has 2 aromatic heterocycles. The Balaban J connectivity index is 2.08. The van der Waals surface area contributed by atoms with E-state index in [0.717, 1.165) is 0 Å². The van der Waals surface area contributed by atoms with E-state index < -0.39 is 29.2 Å². The number of rotatable bonds is 5. The van der Waals surface area contributed by atoms with Crippen LogP contribution >= 0.6 is 0 Å². The number of nitrogens with one attached hydrogen (secondary N) is 1. The molecule has 0 atom stereocenters. The summed E-state index contributed by atoms with van der Waals surface area (Å²) in [4.78, 5) is 2.47. The Morgan fingerprint density at radius 2 is 1.80 bits per heavy atom. The molecule has 2 aromatic rings. The standard InChI is InChI=1S/C11H11F4N5/c1-2-20-5-17-19-6(20)3-4-16-9-7(12)10(14)18-11(15)8(9)13/h5H,2-4H2,1H3,(H,16,18). The quantitative estimate of drug-likeness (QED) is 0.675. The van der Waals surface area contributed by atoms with Crippen LogP contribution in [0, 0.1) is 23.5 Å². The van der Waals surface area contributed by atoms with Gasteiger partial charge >= 0.3 is 0 Å². The van der Waals surface area contributed by atoms with Crippen molar-refractivity contribution in [3.05, 3.63) is 35.7 Å². The van der Waals surface area contributed by atoms with E-state index in [1.807, 2.05) is 6.92 Å². The van der Waals surface area contributed by atoms with Gasteiger partial charge in [0.2, 0.25) is 11.6 Å². The zero-order valence-electron chi connectivity index (χ0n) is 10.5.